The molecule has 0 atom stereocenters. The number of aromatic nitrogens is 2. The molecule has 8 nitrogen and oxygen atoms in total. The van der Waals surface area contributed by atoms with E-state index in [0.717, 1.165) is 6.26 Å². The number of H-pyrrole nitrogens is 1. The van der Waals surface area contributed by atoms with E-state index in [1.807, 2.05) is 0 Å². The van der Waals surface area contributed by atoms with Gasteiger partial charge in [-0.1, -0.05) is 0 Å². The van der Waals surface area contributed by atoms with Crippen LogP contribution in [0.15, 0.2) is 41.2 Å². The number of hydrogen-bond acceptors (Lipinski definition) is 5. The Morgan fingerprint density at radius 1 is 1.10 bits per heavy atom. The third kappa shape index (κ3) is 4.42. The highest BCUT2D eigenvalue weighted by atomic mass is 32.2. The molecule has 1 amide bonds. The summed E-state index contributed by atoms with van der Waals surface area (Å²) in [5.74, 6) is -0.491. The predicted molar refractivity (Wildman–Crippen MR) is 77.7 cm³/mol. The van der Waals surface area contributed by atoms with Crippen LogP contribution in [0.1, 0.15) is 10.5 Å². The minimum absolute atomic E-state index is 0.0629. The molecule has 0 unspecified atom stereocenters. The molecule has 2 aromatic rings. The Morgan fingerprint density at radius 2 is 1.71 bits per heavy atom. The van der Waals surface area contributed by atoms with Crippen LogP contribution in [-0.4, -0.2) is 30.8 Å². The maximum absolute atomic E-state index is 11.8. The lowest BCUT2D eigenvalue weighted by Gasteiger charge is -2.07. The number of nitrogens with one attached hydrogen (secondary N) is 3. The second-order valence-electron chi connectivity index (χ2n) is 4.21. The van der Waals surface area contributed by atoms with Crippen molar-refractivity contribution in [2.24, 2.45) is 0 Å². The van der Waals surface area contributed by atoms with Crippen molar-refractivity contribution >= 4 is 27.3 Å². The Labute approximate surface area is 120 Å². The third-order valence-electron chi connectivity index (χ3n) is 2.36. The largest absolute Gasteiger partial charge is 0.321 e. The maximum atomic E-state index is 11.8. The molecular formula is C12H12N4O4S. The molecule has 110 valence electrons. The number of carbonyl (C=O) groups excluding carboxylic acids is 1. The first-order valence-corrected chi connectivity index (χ1v) is 7.67. The van der Waals surface area contributed by atoms with Gasteiger partial charge in [-0.2, -0.15) is 5.10 Å². The topological polar surface area (TPSA) is 121 Å². The van der Waals surface area contributed by atoms with Crippen LogP contribution < -0.4 is 15.6 Å². The van der Waals surface area contributed by atoms with Gasteiger partial charge in [0, 0.05) is 17.4 Å². The van der Waals surface area contributed by atoms with E-state index in [1.165, 1.54) is 36.4 Å². The van der Waals surface area contributed by atoms with Gasteiger partial charge in [-0.15, -0.1) is 0 Å². The Morgan fingerprint density at radius 3 is 2.24 bits per heavy atom. The molecule has 1 aromatic heterocycles. The molecule has 0 saturated carbocycles. The summed E-state index contributed by atoms with van der Waals surface area (Å²) in [6.45, 7) is 0. The summed E-state index contributed by atoms with van der Waals surface area (Å²) in [5.41, 5.74) is 0.514. The molecule has 0 fully saturated rings. The average Bonchev–Trinajstić information content (AvgIpc) is 2.40. The monoisotopic (exact) mass is 308 g/mol. The van der Waals surface area contributed by atoms with Crippen LogP contribution in [0.25, 0.3) is 0 Å². The van der Waals surface area contributed by atoms with Crippen LogP contribution in [0.5, 0.6) is 0 Å². The Bertz CT molecular complexity index is 791. The van der Waals surface area contributed by atoms with Crippen molar-refractivity contribution in [2.75, 3.05) is 16.3 Å². The molecule has 9 heteroatoms. The van der Waals surface area contributed by atoms with Gasteiger partial charge in [-0.05, 0) is 30.3 Å². The Kier molecular flexibility index (Phi) is 4.03. The zero-order valence-corrected chi connectivity index (χ0v) is 11.8. The smallest absolute Gasteiger partial charge is 0.276 e. The van der Waals surface area contributed by atoms with Gasteiger partial charge in [0.2, 0.25) is 10.0 Å². The van der Waals surface area contributed by atoms with Gasteiger partial charge in [0.15, 0.2) is 0 Å². The molecule has 0 bridgehead atoms. The van der Waals surface area contributed by atoms with E-state index in [2.05, 4.69) is 20.2 Å². The second-order valence-corrected chi connectivity index (χ2v) is 5.96. The number of nitrogens with zero attached hydrogens (tertiary/aromatic N) is 1. The lowest BCUT2D eigenvalue weighted by atomic mass is 10.2. The van der Waals surface area contributed by atoms with E-state index >= 15 is 0 Å². The van der Waals surface area contributed by atoms with E-state index in [1.54, 1.807) is 0 Å². The van der Waals surface area contributed by atoms with E-state index < -0.39 is 21.5 Å². The summed E-state index contributed by atoms with van der Waals surface area (Å²) in [5, 5.41) is 8.32. The molecule has 0 saturated heterocycles. The zero-order chi connectivity index (χ0) is 15.5. The molecule has 1 heterocycles. The molecule has 0 aliphatic rings. The number of aromatic amines is 1. The van der Waals surface area contributed by atoms with Crippen LogP contribution in [0.2, 0.25) is 0 Å². The molecule has 1 aromatic carbocycles. The summed E-state index contributed by atoms with van der Waals surface area (Å²) >= 11 is 0. The van der Waals surface area contributed by atoms with Crippen LogP contribution in [0.3, 0.4) is 0 Å². The van der Waals surface area contributed by atoms with Crippen LogP contribution in [-0.2, 0) is 10.0 Å². The van der Waals surface area contributed by atoms with Gasteiger partial charge in [-0.3, -0.25) is 14.3 Å². The van der Waals surface area contributed by atoms with Crippen molar-refractivity contribution in [3.63, 3.8) is 0 Å². The number of carbonyl (C=O) groups is 1. The Hall–Kier alpha value is -2.68. The summed E-state index contributed by atoms with van der Waals surface area (Å²) in [4.78, 5) is 22.7. The predicted octanol–water partition coefficient (Wildman–Crippen LogP) is 0.394. The zero-order valence-electron chi connectivity index (χ0n) is 11.0. The molecule has 0 aliphatic carbocycles. The number of hydrogen-bond donors (Lipinski definition) is 3. The fourth-order valence-electron chi connectivity index (χ4n) is 1.50. The number of benzene rings is 1. The Balaban J connectivity index is 2.08. The van der Waals surface area contributed by atoms with Crippen molar-refractivity contribution in [2.45, 2.75) is 0 Å². The van der Waals surface area contributed by atoms with E-state index in [4.69, 9.17) is 0 Å². The van der Waals surface area contributed by atoms with E-state index in [0.29, 0.717) is 11.4 Å². The minimum Gasteiger partial charge on any atom is -0.321 e. The van der Waals surface area contributed by atoms with Crippen molar-refractivity contribution in [1.29, 1.82) is 0 Å². The van der Waals surface area contributed by atoms with Crippen LogP contribution in [0, 0.1) is 0 Å². The highest BCUT2D eigenvalue weighted by Gasteiger charge is 2.08. The third-order valence-corrected chi connectivity index (χ3v) is 2.96. The van der Waals surface area contributed by atoms with Crippen molar-refractivity contribution in [1.82, 2.24) is 10.2 Å². The fraction of sp³-hybridized carbons (Fsp3) is 0.0833. The number of amides is 1. The minimum atomic E-state index is -3.34. The number of sulfonamides is 1. The lowest BCUT2D eigenvalue weighted by molar-refractivity contribution is 0.102. The van der Waals surface area contributed by atoms with Gasteiger partial charge < -0.3 is 5.32 Å². The molecule has 21 heavy (non-hydrogen) atoms. The molecule has 0 radical (unpaired) electrons. The second kappa shape index (κ2) is 5.75. The standard InChI is InChI=1S/C12H12N4O4S/c1-21(19,20)16-9-4-2-8(3-5-9)13-12(18)10-6-7-11(17)15-14-10/h2-7,16H,1H3,(H,13,18)(H,15,17). The SMILES string of the molecule is CS(=O)(=O)Nc1ccc(NC(=O)c2ccc(=O)[nH]n2)cc1. The fourth-order valence-corrected chi connectivity index (χ4v) is 2.07. The van der Waals surface area contributed by atoms with Crippen LogP contribution in [0.4, 0.5) is 11.4 Å². The highest BCUT2D eigenvalue weighted by Crippen LogP contribution is 2.14. The number of rotatable bonds is 4. The highest BCUT2D eigenvalue weighted by molar-refractivity contribution is 7.92. The van der Waals surface area contributed by atoms with Gasteiger partial charge in [0.1, 0.15) is 5.69 Å². The summed E-state index contributed by atoms with van der Waals surface area (Å²) in [6, 6.07) is 8.59. The quantitative estimate of drug-likeness (QED) is 0.754. The molecule has 0 aliphatic heterocycles. The summed E-state index contributed by atoms with van der Waals surface area (Å²) in [7, 11) is -3.34. The number of anilines is 2. The first-order chi connectivity index (χ1) is 9.83. The van der Waals surface area contributed by atoms with Crippen molar-refractivity contribution in [3.8, 4) is 0 Å². The van der Waals surface area contributed by atoms with Crippen molar-refractivity contribution in [3.05, 3.63) is 52.4 Å². The molecule has 2 rings (SSSR count). The van der Waals surface area contributed by atoms with Gasteiger partial charge in [0.25, 0.3) is 11.5 Å². The first-order valence-electron chi connectivity index (χ1n) is 5.78. The van der Waals surface area contributed by atoms with Gasteiger partial charge >= 0.3 is 0 Å². The summed E-state index contributed by atoms with van der Waals surface area (Å²) < 4.78 is 24.4. The molecule has 3 N–H and O–H groups in total. The molecular weight excluding hydrogens is 296 g/mol. The molecule has 0 spiro atoms. The summed E-state index contributed by atoms with van der Waals surface area (Å²) in [6.07, 6.45) is 1.05. The van der Waals surface area contributed by atoms with Gasteiger partial charge in [0.05, 0.1) is 6.26 Å². The van der Waals surface area contributed by atoms with E-state index in [-0.39, 0.29) is 5.69 Å². The van der Waals surface area contributed by atoms with Crippen molar-refractivity contribution < 1.29 is 13.2 Å². The van der Waals surface area contributed by atoms with Crippen LogP contribution >= 0.6 is 0 Å². The first kappa shape index (κ1) is 14.7. The van der Waals surface area contributed by atoms with Gasteiger partial charge in [-0.25, -0.2) is 13.5 Å². The normalized spacial score (nSPS) is 10.9. The maximum Gasteiger partial charge on any atom is 0.276 e. The lowest BCUT2D eigenvalue weighted by Crippen LogP contribution is -2.17. The van der Waals surface area contributed by atoms with E-state index in [9.17, 15) is 18.0 Å². The average molecular weight is 308 g/mol.